The number of likely N-dealkylation sites (N-methyl/N-ethyl adjacent to an activating group) is 1. The molecule has 2 N–H and O–H groups in total. The maximum Gasteiger partial charge on any atom is 0.243 e. The lowest BCUT2D eigenvalue weighted by atomic mass is 10.2. The third-order valence-corrected chi connectivity index (χ3v) is 6.75. The van der Waals surface area contributed by atoms with Gasteiger partial charge in [0.1, 0.15) is 0 Å². The number of para-hydroxylation sites is 1. The van der Waals surface area contributed by atoms with Gasteiger partial charge in [0.25, 0.3) is 0 Å². The molecule has 132 valence electrons. The molecule has 0 aliphatic rings. The number of benzene rings is 2. The molecule has 25 heavy (non-hydrogen) atoms. The zero-order valence-electron chi connectivity index (χ0n) is 13.7. The summed E-state index contributed by atoms with van der Waals surface area (Å²) in [5.41, 5.74) is 1.57. The second kappa shape index (κ2) is 7.49. The van der Waals surface area contributed by atoms with Gasteiger partial charge in [0.2, 0.25) is 10.0 Å². The first kappa shape index (κ1) is 17.8. The molecule has 0 aliphatic heterocycles. The van der Waals surface area contributed by atoms with Crippen LogP contribution in [0.3, 0.4) is 0 Å². The molecule has 0 fully saturated rings. The zero-order chi connectivity index (χ0) is 17.9. The summed E-state index contributed by atoms with van der Waals surface area (Å²) in [4.78, 5) is 4.73. The van der Waals surface area contributed by atoms with Gasteiger partial charge in [0, 0.05) is 20.1 Å². The largest absolute Gasteiger partial charge is 0.395 e. The van der Waals surface area contributed by atoms with Crippen LogP contribution in [0.2, 0.25) is 0 Å². The van der Waals surface area contributed by atoms with Crippen molar-refractivity contribution in [2.24, 2.45) is 0 Å². The van der Waals surface area contributed by atoms with Crippen molar-refractivity contribution in [1.82, 2.24) is 9.29 Å². The van der Waals surface area contributed by atoms with E-state index < -0.39 is 10.0 Å². The Balaban J connectivity index is 1.83. The number of rotatable bonds is 7. The van der Waals surface area contributed by atoms with Crippen molar-refractivity contribution in [3.8, 4) is 0 Å². The van der Waals surface area contributed by atoms with Crippen LogP contribution in [-0.4, -0.2) is 43.0 Å². The van der Waals surface area contributed by atoms with Crippen molar-refractivity contribution in [3.05, 3.63) is 54.1 Å². The molecule has 3 rings (SSSR count). The molecule has 1 aromatic heterocycles. The van der Waals surface area contributed by atoms with E-state index in [1.54, 1.807) is 24.3 Å². The fourth-order valence-electron chi connectivity index (χ4n) is 2.45. The maximum absolute atomic E-state index is 12.7. The van der Waals surface area contributed by atoms with Gasteiger partial charge in [-0.3, -0.25) is 0 Å². The molecular formula is C17H19N3O3S2. The smallest absolute Gasteiger partial charge is 0.243 e. The van der Waals surface area contributed by atoms with Gasteiger partial charge in [0.05, 0.1) is 21.7 Å². The van der Waals surface area contributed by atoms with Crippen LogP contribution in [0.4, 0.5) is 5.13 Å². The van der Waals surface area contributed by atoms with Crippen molar-refractivity contribution < 1.29 is 13.5 Å². The number of nitrogens with zero attached hydrogens (tertiary/aromatic N) is 2. The number of nitrogens with one attached hydrogen (secondary N) is 1. The molecule has 0 radical (unpaired) electrons. The quantitative estimate of drug-likeness (QED) is 0.661. The summed E-state index contributed by atoms with van der Waals surface area (Å²) >= 11 is 1.53. The summed E-state index contributed by atoms with van der Waals surface area (Å²) in [5, 5.41) is 13.0. The van der Waals surface area contributed by atoms with Crippen LogP contribution in [0, 0.1) is 0 Å². The Morgan fingerprint density at radius 1 is 1.16 bits per heavy atom. The maximum atomic E-state index is 12.7. The zero-order valence-corrected chi connectivity index (χ0v) is 15.3. The molecular weight excluding hydrogens is 358 g/mol. The van der Waals surface area contributed by atoms with Crippen molar-refractivity contribution in [2.45, 2.75) is 11.4 Å². The predicted molar refractivity (Wildman–Crippen MR) is 100 cm³/mol. The normalized spacial score (nSPS) is 12.0. The van der Waals surface area contributed by atoms with Gasteiger partial charge >= 0.3 is 0 Å². The Hall–Kier alpha value is -2.00. The second-order valence-electron chi connectivity index (χ2n) is 5.50. The van der Waals surface area contributed by atoms with E-state index in [0.29, 0.717) is 12.1 Å². The SMILES string of the molecule is CN(CCO)S(=O)(=O)c1ccccc1CNc1nc2ccccc2s1. The van der Waals surface area contributed by atoms with Crippen molar-refractivity contribution in [2.75, 3.05) is 25.5 Å². The minimum atomic E-state index is -3.64. The third kappa shape index (κ3) is 3.82. The van der Waals surface area contributed by atoms with Crippen LogP contribution in [0.5, 0.6) is 0 Å². The first-order valence-corrected chi connectivity index (χ1v) is 10.0. The molecule has 0 aliphatic carbocycles. The van der Waals surface area contributed by atoms with Gasteiger partial charge in [-0.2, -0.15) is 4.31 Å². The molecule has 0 unspecified atom stereocenters. The third-order valence-electron chi connectivity index (χ3n) is 3.80. The fourth-order valence-corrected chi connectivity index (χ4v) is 4.69. The van der Waals surface area contributed by atoms with E-state index in [1.165, 1.54) is 18.4 Å². The number of fused-ring (bicyclic) bond motifs is 1. The van der Waals surface area contributed by atoms with E-state index in [2.05, 4.69) is 10.3 Å². The summed E-state index contributed by atoms with van der Waals surface area (Å²) in [6.45, 7) is 0.187. The van der Waals surface area contributed by atoms with Crippen molar-refractivity contribution in [3.63, 3.8) is 0 Å². The predicted octanol–water partition coefficient (Wildman–Crippen LogP) is 2.52. The molecule has 2 aromatic carbocycles. The topological polar surface area (TPSA) is 82.5 Å². The lowest BCUT2D eigenvalue weighted by molar-refractivity contribution is 0.266. The van der Waals surface area contributed by atoms with Gasteiger partial charge in [-0.15, -0.1) is 0 Å². The number of aliphatic hydroxyl groups is 1. The summed E-state index contributed by atoms with van der Waals surface area (Å²) in [7, 11) is -2.18. The van der Waals surface area contributed by atoms with Gasteiger partial charge in [-0.05, 0) is 23.8 Å². The number of hydrogen-bond donors (Lipinski definition) is 2. The van der Waals surface area contributed by atoms with Crippen LogP contribution in [0.1, 0.15) is 5.56 Å². The second-order valence-corrected chi connectivity index (χ2v) is 8.54. The average Bonchev–Trinajstić information content (AvgIpc) is 3.03. The first-order chi connectivity index (χ1) is 12.0. The number of hydrogen-bond acceptors (Lipinski definition) is 6. The Bertz CT molecular complexity index is 937. The van der Waals surface area contributed by atoms with Crippen molar-refractivity contribution in [1.29, 1.82) is 0 Å². The monoisotopic (exact) mass is 377 g/mol. The Kier molecular flexibility index (Phi) is 5.33. The molecule has 3 aromatic rings. The highest BCUT2D eigenvalue weighted by molar-refractivity contribution is 7.89. The molecule has 0 bridgehead atoms. The molecule has 0 amide bonds. The van der Waals surface area contributed by atoms with Crippen LogP contribution >= 0.6 is 11.3 Å². The van der Waals surface area contributed by atoms with Gasteiger partial charge in [-0.25, -0.2) is 13.4 Å². The molecule has 8 heteroatoms. The number of aliphatic hydroxyl groups excluding tert-OH is 1. The summed E-state index contributed by atoms with van der Waals surface area (Å²) in [6.07, 6.45) is 0. The lowest BCUT2D eigenvalue weighted by Gasteiger charge is -2.18. The highest BCUT2D eigenvalue weighted by atomic mass is 32.2. The number of aromatic nitrogens is 1. The number of anilines is 1. The first-order valence-electron chi connectivity index (χ1n) is 7.77. The Morgan fingerprint density at radius 2 is 1.88 bits per heavy atom. The Morgan fingerprint density at radius 3 is 2.64 bits per heavy atom. The highest BCUT2D eigenvalue weighted by Crippen LogP contribution is 2.26. The van der Waals surface area contributed by atoms with Crippen LogP contribution in [-0.2, 0) is 16.6 Å². The van der Waals surface area contributed by atoms with Gasteiger partial charge in [-0.1, -0.05) is 41.7 Å². The van der Waals surface area contributed by atoms with E-state index in [4.69, 9.17) is 5.11 Å². The minimum Gasteiger partial charge on any atom is -0.395 e. The molecule has 6 nitrogen and oxygen atoms in total. The van der Waals surface area contributed by atoms with Gasteiger partial charge in [0.15, 0.2) is 5.13 Å². The van der Waals surface area contributed by atoms with Gasteiger partial charge < -0.3 is 10.4 Å². The lowest BCUT2D eigenvalue weighted by Crippen LogP contribution is -2.30. The molecule has 0 saturated carbocycles. The van der Waals surface area contributed by atoms with E-state index in [9.17, 15) is 8.42 Å². The van der Waals surface area contributed by atoms with E-state index in [1.807, 2.05) is 24.3 Å². The Labute approximate surface area is 150 Å². The van der Waals surface area contributed by atoms with Crippen LogP contribution in [0.25, 0.3) is 10.2 Å². The summed E-state index contributed by atoms with van der Waals surface area (Å²) < 4.78 is 27.6. The molecule has 0 spiro atoms. The number of thiazole rings is 1. The molecule has 0 atom stereocenters. The van der Waals surface area contributed by atoms with E-state index in [-0.39, 0.29) is 18.0 Å². The van der Waals surface area contributed by atoms with E-state index in [0.717, 1.165) is 19.7 Å². The molecule has 1 heterocycles. The minimum absolute atomic E-state index is 0.0575. The highest BCUT2D eigenvalue weighted by Gasteiger charge is 2.23. The standard InChI is InChI=1S/C17H19N3O3S2/c1-20(10-11-21)25(22,23)16-9-5-2-6-13(16)12-18-17-19-14-7-3-4-8-15(14)24-17/h2-9,21H,10-12H2,1H3,(H,18,19). The van der Waals surface area contributed by atoms with E-state index >= 15 is 0 Å². The van der Waals surface area contributed by atoms with Crippen LogP contribution in [0.15, 0.2) is 53.4 Å². The summed E-state index contributed by atoms with van der Waals surface area (Å²) in [5.74, 6) is 0. The number of sulfonamides is 1. The van der Waals surface area contributed by atoms with Crippen molar-refractivity contribution >= 4 is 36.7 Å². The fraction of sp³-hybridized carbons (Fsp3) is 0.235. The summed E-state index contributed by atoms with van der Waals surface area (Å²) in [6, 6.07) is 14.7. The average molecular weight is 377 g/mol. The van der Waals surface area contributed by atoms with Crippen LogP contribution < -0.4 is 5.32 Å². The molecule has 0 saturated heterocycles.